The Kier molecular flexibility index (Phi) is 6.49. The zero-order chi connectivity index (χ0) is 21.1. The van der Waals surface area contributed by atoms with Crippen LogP contribution in [0.25, 0.3) is 0 Å². The van der Waals surface area contributed by atoms with Crippen molar-refractivity contribution >= 4 is 45.4 Å². The standard InChI is InChI=1S/C19H17Cl2N5O2S/c1-29(27)16-5-2-10(7-26-16)18(23)12-6-11(3-4-15(12)22)28-19(24)17-13(20)8-25-9-14(17)21/h2-9,19,23H,22,24H2,1H3/t19-,29?/m0/s1. The van der Waals surface area contributed by atoms with Crippen LogP contribution < -0.4 is 16.2 Å². The van der Waals surface area contributed by atoms with Gasteiger partial charge in [0.25, 0.3) is 0 Å². The average Bonchev–Trinajstić information content (AvgIpc) is 2.69. The lowest BCUT2D eigenvalue weighted by atomic mass is 10.0. The number of pyridine rings is 2. The van der Waals surface area contributed by atoms with Crippen molar-refractivity contribution in [3.05, 3.63) is 75.7 Å². The summed E-state index contributed by atoms with van der Waals surface area (Å²) < 4.78 is 17.3. The SMILES string of the molecule is CS(=O)c1ccc(C(=N)c2cc(O[C@H](N)c3c(Cl)cncc3Cl)ccc2N)cn1. The van der Waals surface area contributed by atoms with Crippen LogP contribution in [0.2, 0.25) is 10.0 Å². The molecule has 150 valence electrons. The Morgan fingerprint density at radius 2 is 1.86 bits per heavy atom. The molecular formula is C19H17Cl2N5O2S. The largest absolute Gasteiger partial charge is 0.471 e. The van der Waals surface area contributed by atoms with Crippen molar-refractivity contribution < 1.29 is 8.95 Å². The molecule has 0 bridgehead atoms. The number of nitrogens with zero attached hydrogens (tertiary/aromatic N) is 2. The molecule has 2 heterocycles. The van der Waals surface area contributed by atoms with Crippen LogP contribution in [0.15, 0.2) is 53.9 Å². The quantitative estimate of drug-likeness (QED) is 0.299. The van der Waals surface area contributed by atoms with Crippen LogP contribution in [0.3, 0.4) is 0 Å². The molecule has 7 nitrogen and oxygen atoms in total. The number of nitrogens with one attached hydrogen (secondary N) is 1. The van der Waals surface area contributed by atoms with Gasteiger partial charge in [0.05, 0.1) is 26.6 Å². The first-order valence-electron chi connectivity index (χ1n) is 8.27. The van der Waals surface area contributed by atoms with Gasteiger partial charge in [-0.3, -0.25) is 20.3 Å². The molecule has 0 saturated carbocycles. The van der Waals surface area contributed by atoms with E-state index in [0.717, 1.165) is 0 Å². The minimum atomic E-state index is -1.20. The van der Waals surface area contributed by atoms with Gasteiger partial charge in [-0.2, -0.15) is 0 Å². The van der Waals surface area contributed by atoms with Crippen molar-refractivity contribution in [3.8, 4) is 5.75 Å². The van der Waals surface area contributed by atoms with Gasteiger partial charge >= 0.3 is 0 Å². The van der Waals surface area contributed by atoms with Crippen LogP contribution in [-0.2, 0) is 10.8 Å². The molecule has 0 radical (unpaired) electrons. The second kappa shape index (κ2) is 8.87. The smallest absolute Gasteiger partial charge is 0.177 e. The monoisotopic (exact) mass is 449 g/mol. The number of aromatic nitrogens is 2. The summed E-state index contributed by atoms with van der Waals surface area (Å²) in [4.78, 5) is 8.00. The van der Waals surface area contributed by atoms with Crippen LogP contribution in [0.5, 0.6) is 5.75 Å². The van der Waals surface area contributed by atoms with Crippen LogP contribution in [0.1, 0.15) is 22.9 Å². The van der Waals surface area contributed by atoms with Crippen molar-refractivity contribution in [2.45, 2.75) is 11.3 Å². The third kappa shape index (κ3) is 4.73. The summed E-state index contributed by atoms with van der Waals surface area (Å²) in [6.45, 7) is 0. The molecular weight excluding hydrogens is 433 g/mol. The number of nitrogen functional groups attached to an aromatic ring is 1. The fraction of sp³-hybridized carbons (Fsp3) is 0.105. The van der Waals surface area contributed by atoms with E-state index in [4.69, 9.17) is 44.8 Å². The maximum absolute atomic E-state index is 11.5. The predicted molar refractivity (Wildman–Crippen MR) is 115 cm³/mol. The van der Waals surface area contributed by atoms with Gasteiger partial charge in [-0.15, -0.1) is 0 Å². The summed E-state index contributed by atoms with van der Waals surface area (Å²) in [6, 6.07) is 8.13. The Morgan fingerprint density at radius 3 is 2.45 bits per heavy atom. The zero-order valence-corrected chi connectivity index (χ0v) is 17.6. The molecule has 0 spiro atoms. The highest BCUT2D eigenvalue weighted by Gasteiger charge is 2.18. The number of hydrogen-bond donors (Lipinski definition) is 3. The van der Waals surface area contributed by atoms with Crippen LogP contribution in [0, 0.1) is 5.41 Å². The van der Waals surface area contributed by atoms with E-state index < -0.39 is 17.0 Å². The van der Waals surface area contributed by atoms with E-state index in [0.29, 0.717) is 33.2 Å². The second-order valence-electron chi connectivity index (χ2n) is 6.02. The Bertz CT molecular complexity index is 1070. The third-order valence-corrected chi connectivity index (χ3v) is 5.48. The topological polar surface area (TPSA) is 128 Å². The summed E-state index contributed by atoms with van der Waals surface area (Å²) in [5, 5.41) is 9.47. The molecule has 0 aliphatic heterocycles. The van der Waals surface area contributed by atoms with E-state index in [1.807, 2.05) is 0 Å². The molecule has 5 N–H and O–H groups in total. The van der Waals surface area contributed by atoms with Gasteiger partial charge in [-0.1, -0.05) is 23.2 Å². The number of rotatable bonds is 6. The summed E-state index contributed by atoms with van der Waals surface area (Å²) in [5.74, 6) is 0.384. The number of ether oxygens (including phenoxy) is 1. The Morgan fingerprint density at radius 1 is 1.17 bits per heavy atom. The summed E-state index contributed by atoms with van der Waals surface area (Å²) >= 11 is 12.2. The van der Waals surface area contributed by atoms with E-state index in [1.165, 1.54) is 24.8 Å². The van der Waals surface area contributed by atoms with Gasteiger partial charge in [0.1, 0.15) is 10.8 Å². The molecule has 29 heavy (non-hydrogen) atoms. The number of benzene rings is 1. The maximum atomic E-state index is 11.5. The number of halogens is 2. The fourth-order valence-electron chi connectivity index (χ4n) is 2.58. The van der Waals surface area contributed by atoms with E-state index in [9.17, 15) is 4.21 Å². The van der Waals surface area contributed by atoms with Gasteiger partial charge < -0.3 is 10.5 Å². The fourth-order valence-corrected chi connectivity index (χ4v) is 3.62. The molecule has 10 heteroatoms. The first kappa shape index (κ1) is 21.2. The first-order chi connectivity index (χ1) is 13.8. The first-order valence-corrected chi connectivity index (χ1v) is 10.6. The van der Waals surface area contributed by atoms with Crippen LogP contribution in [-0.4, -0.2) is 26.1 Å². The van der Waals surface area contributed by atoms with E-state index >= 15 is 0 Å². The van der Waals surface area contributed by atoms with Gasteiger partial charge in [0.2, 0.25) is 0 Å². The normalized spacial score (nSPS) is 13.0. The molecule has 3 aromatic rings. The van der Waals surface area contributed by atoms with Gasteiger partial charge in [0, 0.05) is 47.2 Å². The molecule has 0 amide bonds. The third-order valence-electron chi connectivity index (χ3n) is 4.05. The average molecular weight is 450 g/mol. The zero-order valence-electron chi connectivity index (χ0n) is 15.2. The molecule has 1 unspecified atom stereocenters. The van der Waals surface area contributed by atoms with Gasteiger partial charge in [-0.25, -0.2) is 4.98 Å². The molecule has 0 aliphatic carbocycles. The Labute approximate surface area is 180 Å². The minimum absolute atomic E-state index is 0.141. The minimum Gasteiger partial charge on any atom is -0.471 e. The lowest BCUT2D eigenvalue weighted by molar-refractivity contribution is 0.214. The van der Waals surface area contributed by atoms with Crippen molar-refractivity contribution in [1.82, 2.24) is 9.97 Å². The molecule has 0 fully saturated rings. The molecule has 1 aromatic carbocycles. The van der Waals surface area contributed by atoms with E-state index in [-0.39, 0.29) is 15.8 Å². The number of nitrogens with two attached hydrogens (primary N) is 2. The molecule has 0 aliphatic rings. The second-order valence-corrected chi connectivity index (χ2v) is 8.16. The number of anilines is 1. The Balaban J connectivity index is 1.88. The lowest BCUT2D eigenvalue weighted by Gasteiger charge is -2.18. The van der Waals surface area contributed by atoms with Gasteiger partial charge in [0.15, 0.2) is 6.23 Å². The molecule has 3 rings (SSSR count). The van der Waals surface area contributed by atoms with Crippen LogP contribution in [0.4, 0.5) is 5.69 Å². The Hall–Kier alpha value is -2.52. The van der Waals surface area contributed by atoms with Crippen molar-refractivity contribution in [1.29, 1.82) is 5.41 Å². The summed E-state index contributed by atoms with van der Waals surface area (Å²) in [7, 11) is -1.20. The molecule has 2 atom stereocenters. The lowest BCUT2D eigenvalue weighted by Crippen LogP contribution is -2.19. The molecule has 0 saturated heterocycles. The van der Waals surface area contributed by atoms with E-state index in [1.54, 1.807) is 30.3 Å². The summed E-state index contributed by atoms with van der Waals surface area (Å²) in [6.07, 6.45) is 4.93. The maximum Gasteiger partial charge on any atom is 0.177 e. The number of hydrogen-bond acceptors (Lipinski definition) is 7. The highest BCUT2D eigenvalue weighted by Crippen LogP contribution is 2.31. The van der Waals surface area contributed by atoms with Crippen molar-refractivity contribution in [2.24, 2.45) is 5.73 Å². The molecule has 2 aromatic heterocycles. The highest BCUT2D eigenvalue weighted by atomic mass is 35.5. The van der Waals surface area contributed by atoms with Crippen molar-refractivity contribution in [2.75, 3.05) is 12.0 Å². The highest BCUT2D eigenvalue weighted by molar-refractivity contribution is 7.84. The van der Waals surface area contributed by atoms with Gasteiger partial charge in [-0.05, 0) is 30.3 Å². The van der Waals surface area contributed by atoms with E-state index in [2.05, 4.69) is 9.97 Å². The van der Waals surface area contributed by atoms with Crippen LogP contribution >= 0.6 is 23.2 Å². The summed E-state index contributed by atoms with van der Waals surface area (Å²) in [5.41, 5.74) is 14.1. The predicted octanol–water partition coefficient (Wildman–Crippen LogP) is 3.56. The van der Waals surface area contributed by atoms with Crippen molar-refractivity contribution in [3.63, 3.8) is 0 Å².